The third-order valence-corrected chi connectivity index (χ3v) is 4.71. The molecular formula is C17H23NS. The van der Waals surface area contributed by atoms with Gasteiger partial charge in [-0.1, -0.05) is 24.3 Å². The predicted octanol–water partition coefficient (Wildman–Crippen LogP) is 4.65. The van der Waals surface area contributed by atoms with Crippen LogP contribution in [-0.4, -0.2) is 7.05 Å². The monoisotopic (exact) mass is 273 g/mol. The highest BCUT2D eigenvalue weighted by atomic mass is 32.1. The highest BCUT2D eigenvalue weighted by Gasteiger charge is 2.09. The minimum Gasteiger partial charge on any atom is -0.313 e. The van der Waals surface area contributed by atoms with Crippen LogP contribution < -0.4 is 5.32 Å². The molecule has 2 rings (SSSR count). The van der Waals surface area contributed by atoms with Gasteiger partial charge in [0.05, 0.1) is 0 Å². The van der Waals surface area contributed by atoms with Gasteiger partial charge in [0.1, 0.15) is 0 Å². The van der Waals surface area contributed by atoms with Gasteiger partial charge in [-0.15, -0.1) is 11.3 Å². The van der Waals surface area contributed by atoms with Crippen LogP contribution in [0.25, 0.3) is 0 Å². The zero-order valence-electron chi connectivity index (χ0n) is 12.1. The fourth-order valence-corrected chi connectivity index (χ4v) is 3.15. The summed E-state index contributed by atoms with van der Waals surface area (Å²) in [6, 6.07) is 11.7. The van der Waals surface area contributed by atoms with Crippen molar-refractivity contribution in [2.24, 2.45) is 0 Å². The van der Waals surface area contributed by atoms with Gasteiger partial charge in [-0.05, 0) is 68.3 Å². The molecule has 0 amide bonds. The molecule has 0 spiro atoms. The zero-order chi connectivity index (χ0) is 13.7. The quantitative estimate of drug-likeness (QED) is 0.808. The maximum absolute atomic E-state index is 3.45. The Morgan fingerprint density at radius 1 is 1.16 bits per heavy atom. The largest absolute Gasteiger partial charge is 0.313 e. The summed E-state index contributed by atoms with van der Waals surface area (Å²) in [7, 11) is 2.06. The van der Waals surface area contributed by atoms with Crippen molar-refractivity contribution in [1.82, 2.24) is 5.32 Å². The SMILES string of the molecule is CNC(CCCc1cccs1)c1ccc(C)c(C)c1. The van der Waals surface area contributed by atoms with Crippen molar-refractivity contribution in [1.29, 1.82) is 0 Å². The number of thiophene rings is 1. The number of nitrogens with one attached hydrogen (secondary N) is 1. The zero-order valence-corrected chi connectivity index (χ0v) is 12.9. The summed E-state index contributed by atoms with van der Waals surface area (Å²) in [5.41, 5.74) is 4.17. The van der Waals surface area contributed by atoms with Gasteiger partial charge >= 0.3 is 0 Å². The van der Waals surface area contributed by atoms with Crippen LogP contribution in [0.3, 0.4) is 0 Å². The van der Waals surface area contributed by atoms with E-state index in [0.717, 1.165) is 0 Å². The molecule has 1 heterocycles. The van der Waals surface area contributed by atoms with Gasteiger partial charge in [0.25, 0.3) is 0 Å². The van der Waals surface area contributed by atoms with Gasteiger partial charge in [-0.3, -0.25) is 0 Å². The smallest absolute Gasteiger partial charge is 0.0317 e. The average Bonchev–Trinajstić information content (AvgIpc) is 2.91. The summed E-state index contributed by atoms with van der Waals surface area (Å²) in [4.78, 5) is 1.50. The van der Waals surface area contributed by atoms with Crippen LogP contribution in [0.15, 0.2) is 35.7 Å². The Morgan fingerprint density at radius 2 is 2.00 bits per heavy atom. The number of benzene rings is 1. The van der Waals surface area contributed by atoms with E-state index in [1.54, 1.807) is 0 Å². The third kappa shape index (κ3) is 3.92. The Morgan fingerprint density at radius 3 is 2.63 bits per heavy atom. The van der Waals surface area contributed by atoms with E-state index in [9.17, 15) is 0 Å². The molecule has 1 atom stereocenters. The first kappa shape index (κ1) is 14.3. The summed E-state index contributed by atoms with van der Waals surface area (Å²) in [5.74, 6) is 0. The van der Waals surface area contributed by atoms with Gasteiger partial charge in [-0.2, -0.15) is 0 Å². The molecule has 0 aliphatic carbocycles. The van der Waals surface area contributed by atoms with Crippen LogP contribution in [0.5, 0.6) is 0 Å². The molecule has 102 valence electrons. The van der Waals surface area contributed by atoms with Crippen LogP contribution in [0, 0.1) is 13.8 Å². The molecule has 1 N–H and O–H groups in total. The van der Waals surface area contributed by atoms with E-state index in [1.165, 1.54) is 40.8 Å². The predicted molar refractivity (Wildman–Crippen MR) is 85.0 cm³/mol. The Balaban J connectivity index is 1.93. The summed E-state index contributed by atoms with van der Waals surface area (Å²) < 4.78 is 0. The van der Waals surface area contributed by atoms with Crippen molar-refractivity contribution < 1.29 is 0 Å². The first-order chi connectivity index (χ1) is 9.20. The van der Waals surface area contributed by atoms with Crippen LogP contribution in [0.1, 0.15) is 40.5 Å². The number of hydrogen-bond acceptors (Lipinski definition) is 2. The lowest BCUT2D eigenvalue weighted by Crippen LogP contribution is -2.16. The second-order valence-corrected chi connectivity index (χ2v) is 6.19. The first-order valence-electron chi connectivity index (χ1n) is 6.97. The van der Waals surface area contributed by atoms with Crippen LogP contribution in [0.2, 0.25) is 0 Å². The molecule has 1 nitrogen and oxygen atoms in total. The summed E-state index contributed by atoms with van der Waals surface area (Å²) in [6.07, 6.45) is 3.62. The molecule has 0 saturated heterocycles. The second-order valence-electron chi connectivity index (χ2n) is 5.16. The molecule has 0 aliphatic heterocycles. The van der Waals surface area contributed by atoms with Gasteiger partial charge in [0.2, 0.25) is 0 Å². The molecule has 1 unspecified atom stereocenters. The van der Waals surface area contributed by atoms with Gasteiger partial charge in [0, 0.05) is 10.9 Å². The Kier molecular flexibility index (Phi) is 5.17. The minimum absolute atomic E-state index is 0.472. The molecule has 2 heteroatoms. The molecular weight excluding hydrogens is 250 g/mol. The number of aryl methyl sites for hydroxylation is 3. The van der Waals surface area contributed by atoms with Crippen molar-refractivity contribution in [3.05, 3.63) is 57.3 Å². The van der Waals surface area contributed by atoms with E-state index in [4.69, 9.17) is 0 Å². The van der Waals surface area contributed by atoms with Crippen LogP contribution >= 0.6 is 11.3 Å². The highest BCUT2D eigenvalue weighted by molar-refractivity contribution is 7.09. The first-order valence-corrected chi connectivity index (χ1v) is 7.85. The standard InChI is InChI=1S/C17H23NS/c1-13-9-10-15(12-14(13)2)17(18-3)8-4-6-16-7-5-11-19-16/h5,7,9-12,17-18H,4,6,8H2,1-3H3. The fraction of sp³-hybridized carbons (Fsp3) is 0.412. The summed E-state index contributed by atoms with van der Waals surface area (Å²) in [6.45, 7) is 4.36. The Hall–Kier alpha value is -1.12. The Bertz CT molecular complexity index is 502. The molecule has 19 heavy (non-hydrogen) atoms. The van der Waals surface area contributed by atoms with Gasteiger partial charge < -0.3 is 5.32 Å². The molecule has 0 fully saturated rings. The van der Waals surface area contributed by atoms with Crippen LogP contribution in [-0.2, 0) is 6.42 Å². The molecule has 1 aromatic carbocycles. The van der Waals surface area contributed by atoms with Crippen molar-refractivity contribution in [3.63, 3.8) is 0 Å². The van der Waals surface area contributed by atoms with Gasteiger partial charge in [0.15, 0.2) is 0 Å². The van der Waals surface area contributed by atoms with E-state index in [2.05, 4.69) is 61.9 Å². The number of rotatable bonds is 6. The van der Waals surface area contributed by atoms with Crippen LogP contribution in [0.4, 0.5) is 0 Å². The van der Waals surface area contributed by atoms with Crippen molar-refractivity contribution in [3.8, 4) is 0 Å². The van der Waals surface area contributed by atoms with E-state index in [-0.39, 0.29) is 0 Å². The normalized spacial score (nSPS) is 12.6. The topological polar surface area (TPSA) is 12.0 Å². The average molecular weight is 273 g/mol. The van der Waals surface area contributed by atoms with Gasteiger partial charge in [-0.25, -0.2) is 0 Å². The molecule has 1 aromatic heterocycles. The maximum atomic E-state index is 3.45. The molecule has 0 saturated carbocycles. The van der Waals surface area contributed by atoms with E-state index >= 15 is 0 Å². The molecule has 0 aliphatic rings. The van der Waals surface area contributed by atoms with E-state index in [1.807, 2.05) is 11.3 Å². The van der Waals surface area contributed by atoms with E-state index in [0.29, 0.717) is 6.04 Å². The van der Waals surface area contributed by atoms with Crippen molar-refractivity contribution in [2.45, 2.75) is 39.2 Å². The third-order valence-electron chi connectivity index (χ3n) is 3.78. The second kappa shape index (κ2) is 6.88. The molecule has 0 radical (unpaired) electrons. The highest BCUT2D eigenvalue weighted by Crippen LogP contribution is 2.22. The maximum Gasteiger partial charge on any atom is 0.0317 e. The Labute approximate surface area is 120 Å². The summed E-state index contributed by atoms with van der Waals surface area (Å²) in [5, 5.41) is 5.61. The van der Waals surface area contributed by atoms with E-state index < -0.39 is 0 Å². The molecule has 2 aromatic rings. The summed E-state index contributed by atoms with van der Waals surface area (Å²) >= 11 is 1.86. The lowest BCUT2D eigenvalue weighted by atomic mass is 9.97. The lowest BCUT2D eigenvalue weighted by molar-refractivity contribution is 0.528. The van der Waals surface area contributed by atoms with Crippen molar-refractivity contribution in [2.75, 3.05) is 7.05 Å². The van der Waals surface area contributed by atoms with Crippen molar-refractivity contribution >= 4 is 11.3 Å². The minimum atomic E-state index is 0.472. The fourth-order valence-electron chi connectivity index (χ4n) is 2.39. The number of hydrogen-bond donors (Lipinski definition) is 1. The molecule has 0 bridgehead atoms. The lowest BCUT2D eigenvalue weighted by Gasteiger charge is -2.17.